The van der Waals surface area contributed by atoms with E-state index in [1.807, 2.05) is 29.8 Å². The third-order valence-corrected chi connectivity index (χ3v) is 4.94. The second-order valence-electron chi connectivity index (χ2n) is 6.86. The highest BCUT2D eigenvalue weighted by molar-refractivity contribution is 5.67. The zero-order valence-electron chi connectivity index (χ0n) is 15.1. The summed E-state index contributed by atoms with van der Waals surface area (Å²) in [6.07, 6.45) is 5.49. The van der Waals surface area contributed by atoms with Gasteiger partial charge in [-0.25, -0.2) is 9.37 Å². The van der Waals surface area contributed by atoms with E-state index in [0.29, 0.717) is 18.9 Å². The molecule has 8 heteroatoms. The minimum Gasteiger partial charge on any atom is -0.492 e. The van der Waals surface area contributed by atoms with Gasteiger partial charge in [0.25, 0.3) is 0 Å². The first-order chi connectivity index (χ1) is 13.7. The molecule has 0 spiro atoms. The summed E-state index contributed by atoms with van der Waals surface area (Å²) in [7, 11) is 0. The van der Waals surface area contributed by atoms with Gasteiger partial charge in [-0.15, -0.1) is 5.10 Å². The number of imidazole rings is 1. The van der Waals surface area contributed by atoms with E-state index in [4.69, 9.17) is 4.74 Å². The summed E-state index contributed by atoms with van der Waals surface area (Å²) in [5.74, 6) is 0.509. The smallest absolute Gasteiger partial charge is 0.126 e. The van der Waals surface area contributed by atoms with Crippen LogP contribution in [0.1, 0.15) is 17.2 Å². The minimum atomic E-state index is -0.280. The quantitative estimate of drug-likeness (QED) is 0.591. The maximum Gasteiger partial charge on any atom is 0.126 e. The van der Waals surface area contributed by atoms with Crippen molar-refractivity contribution in [2.75, 3.05) is 6.61 Å². The molecule has 5 rings (SSSR count). The average molecular weight is 376 g/mol. The maximum atomic E-state index is 13.4. The van der Waals surface area contributed by atoms with Crippen molar-refractivity contribution in [3.8, 4) is 28.4 Å². The normalized spacial score (nSPS) is 15.4. The van der Waals surface area contributed by atoms with Crippen LogP contribution in [-0.4, -0.2) is 36.6 Å². The van der Waals surface area contributed by atoms with Crippen LogP contribution in [0.15, 0.2) is 49.1 Å². The van der Waals surface area contributed by atoms with E-state index in [-0.39, 0.29) is 11.7 Å². The number of rotatable bonds is 4. The van der Waals surface area contributed by atoms with E-state index in [1.54, 1.807) is 18.6 Å². The fourth-order valence-corrected chi connectivity index (χ4v) is 3.52. The van der Waals surface area contributed by atoms with Gasteiger partial charge in [-0.2, -0.15) is 0 Å². The molecule has 0 saturated heterocycles. The van der Waals surface area contributed by atoms with E-state index < -0.39 is 0 Å². The third kappa shape index (κ3) is 2.92. The van der Waals surface area contributed by atoms with Gasteiger partial charge in [0.05, 0.1) is 24.3 Å². The summed E-state index contributed by atoms with van der Waals surface area (Å²) in [5.41, 5.74) is 5.21. The number of nitrogens with one attached hydrogen (secondary N) is 1. The van der Waals surface area contributed by atoms with Crippen LogP contribution >= 0.6 is 0 Å². The Balaban J connectivity index is 1.39. The molecule has 0 saturated carbocycles. The van der Waals surface area contributed by atoms with Gasteiger partial charge in [0, 0.05) is 42.0 Å². The number of nitrogens with zero attached hydrogens (tertiary/aromatic N) is 5. The van der Waals surface area contributed by atoms with Gasteiger partial charge >= 0.3 is 0 Å². The van der Waals surface area contributed by atoms with E-state index in [9.17, 15) is 4.39 Å². The standard InChI is InChI=1S/C20H17FN6O/c1-12-20(25-26-24-12)13-4-5-22-17(6-13)18-9-27(11-23-18)8-14-10-28-19-7-15(21)2-3-16(14)19/h2-7,9,11,14H,8,10H2,1H3,(H,24,25,26)/t14-/m0/s1. The molecule has 4 heterocycles. The average Bonchev–Trinajstić information content (AvgIpc) is 3.43. The number of ether oxygens (including phenoxy) is 1. The lowest BCUT2D eigenvalue weighted by Gasteiger charge is -2.09. The Bertz CT molecular complexity index is 1150. The van der Waals surface area contributed by atoms with E-state index in [0.717, 1.165) is 33.9 Å². The molecule has 1 aliphatic heterocycles. The zero-order valence-corrected chi connectivity index (χ0v) is 15.1. The molecule has 0 radical (unpaired) electrons. The van der Waals surface area contributed by atoms with E-state index in [2.05, 4.69) is 25.4 Å². The Morgan fingerprint density at radius 3 is 3.00 bits per heavy atom. The predicted octanol–water partition coefficient (Wildman–Crippen LogP) is 3.35. The van der Waals surface area contributed by atoms with Gasteiger partial charge in [-0.1, -0.05) is 11.3 Å². The van der Waals surface area contributed by atoms with Crippen molar-refractivity contribution in [3.05, 3.63) is 66.1 Å². The van der Waals surface area contributed by atoms with Crippen LogP contribution < -0.4 is 4.74 Å². The van der Waals surface area contributed by atoms with Crippen LogP contribution in [0.3, 0.4) is 0 Å². The highest BCUT2D eigenvalue weighted by Crippen LogP contribution is 2.35. The van der Waals surface area contributed by atoms with Crippen LogP contribution in [0.5, 0.6) is 5.75 Å². The molecule has 0 unspecified atom stereocenters. The van der Waals surface area contributed by atoms with Crippen molar-refractivity contribution in [1.29, 1.82) is 0 Å². The molecule has 7 nitrogen and oxygen atoms in total. The highest BCUT2D eigenvalue weighted by atomic mass is 19.1. The number of pyridine rings is 1. The number of hydrogen-bond acceptors (Lipinski definition) is 5. The van der Waals surface area contributed by atoms with Gasteiger partial charge in [0.2, 0.25) is 0 Å². The number of aromatic amines is 1. The molecule has 0 fully saturated rings. The molecular weight excluding hydrogens is 359 g/mol. The van der Waals surface area contributed by atoms with Crippen LogP contribution in [0.4, 0.5) is 4.39 Å². The molecular formula is C20H17FN6O. The van der Waals surface area contributed by atoms with Crippen LogP contribution in [0.2, 0.25) is 0 Å². The van der Waals surface area contributed by atoms with E-state index >= 15 is 0 Å². The van der Waals surface area contributed by atoms with Crippen molar-refractivity contribution in [2.24, 2.45) is 0 Å². The predicted molar refractivity (Wildman–Crippen MR) is 100 cm³/mol. The zero-order chi connectivity index (χ0) is 19.1. The lowest BCUT2D eigenvalue weighted by atomic mass is 10.0. The summed E-state index contributed by atoms with van der Waals surface area (Å²) in [5, 5.41) is 10.8. The number of aromatic nitrogens is 6. The molecule has 0 amide bonds. The Labute approximate surface area is 160 Å². The summed E-state index contributed by atoms with van der Waals surface area (Å²) >= 11 is 0. The topological polar surface area (TPSA) is 81.5 Å². The first-order valence-electron chi connectivity index (χ1n) is 8.96. The molecule has 1 atom stereocenters. The largest absolute Gasteiger partial charge is 0.492 e. The Morgan fingerprint density at radius 2 is 2.14 bits per heavy atom. The molecule has 4 aromatic rings. The summed E-state index contributed by atoms with van der Waals surface area (Å²) in [4.78, 5) is 8.94. The van der Waals surface area contributed by atoms with Crippen molar-refractivity contribution in [3.63, 3.8) is 0 Å². The number of H-pyrrole nitrogens is 1. The van der Waals surface area contributed by atoms with Gasteiger partial charge in [0.15, 0.2) is 0 Å². The summed E-state index contributed by atoms with van der Waals surface area (Å²) in [6, 6.07) is 8.56. The molecule has 1 aliphatic rings. The fraction of sp³-hybridized carbons (Fsp3) is 0.200. The first kappa shape index (κ1) is 16.6. The van der Waals surface area contributed by atoms with Gasteiger partial charge < -0.3 is 9.30 Å². The van der Waals surface area contributed by atoms with Crippen LogP contribution in [0.25, 0.3) is 22.6 Å². The molecule has 0 aliphatic carbocycles. The van der Waals surface area contributed by atoms with Gasteiger partial charge in [-0.05, 0) is 25.1 Å². The number of hydrogen-bond donors (Lipinski definition) is 1. The fourth-order valence-electron chi connectivity index (χ4n) is 3.52. The van der Waals surface area contributed by atoms with Crippen molar-refractivity contribution in [1.82, 2.24) is 29.9 Å². The van der Waals surface area contributed by atoms with E-state index in [1.165, 1.54) is 12.1 Å². The Kier molecular flexibility index (Phi) is 3.89. The third-order valence-electron chi connectivity index (χ3n) is 4.94. The monoisotopic (exact) mass is 376 g/mol. The lowest BCUT2D eigenvalue weighted by Crippen LogP contribution is -2.09. The van der Waals surface area contributed by atoms with Crippen molar-refractivity contribution < 1.29 is 9.13 Å². The molecule has 1 aromatic carbocycles. The number of fused-ring (bicyclic) bond motifs is 1. The first-order valence-corrected chi connectivity index (χ1v) is 8.96. The van der Waals surface area contributed by atoms with Gasteiger partial charge in [0.1, 0.15) is 23.0 Å². The molecule has 0 bridgehead atoms. The number of benzene rings is 1. The highest BCUT2D eigenvalue weighted by Gasteiger charge is 2.25. The van der Waals surface area contributed by atoms with Crippen molar-refractivity contribution >= 4 is 0 Å². The van der Waals surface area contributed by atoms with Gasteiger partial charge in [-0.3, -0.25) is 10.1 Å². The molecule has 28 heavy (non-hydrogen) atoms. The molecule has 1 N–H and O–H groups in total. The number of aryl methyl sites for hydroxylation is 1. The maximum absolute atomic E-state index is 13.4. The molecule has 3 aromatic heterocycles. The minimum absolute atomic E-state index is 0.162. The Hall–Kier alpha value is -3.55. The summed E-state index contributed by atoms with van der Waals surface area (Å²) in [6.45, 7) is 3.16. The van der Waals surface area contributed by atoms with Crippen LogP contribution in [-0.2, 0) is 6.54 Å². The lowest BCUT2D eigenvalue weighted by molar-refractivity contribution is 0.318. The second kappa shape index (κ2) is 6.56. The Morgan fingerprint density at radius 1 is 1.21 bits per heavy atom. The molecule has 140 valence electrons. The second-order valence-corrected chi connectivity index (χ2v) is 6.86. The van der Waals surface area contributed by atoms with Crippen LogP contribution in [0, 0.1) is 12.7 Å². The SMILES string of the molecule is Cc1[nH]nnc1-c1ccnc(-c2cn(C[C@H]3COc4cc(F)ccc43)cn2)c1. The van der Waals surface area contributed by atoms with Crippen molar-refractivity contribution in [2.45, 2.75) is 19.4 Å². The number of halogens is 1. The summed E-state index contributed by atoms with van der Waals surface area (Å²) < 4.78 is 21.0.